The van der Waals surface area contributed by atoms with Gasteiger partial charge in [-0.1, -0.05) is 59.3 Å². The van der Waals surface area contributed by atoms with E-state index in [9.17, 15) is 9.59 Å². The van der Waals surface area contributed by atoms with Crippen molar-refractivity contribution in [2.24, 2.45) is 0 Å². The van der Waals surface area contributed by atoms with E-state index in [0.29, 0.717) is 36.9 Å². The molecule has 0 radical (unpaired) electrons. The summed E-state index contributed by atoms with van der Waals surface area (Å²) < 4.78 is 11.5. The van der Waals surface area contributed by atoms with Crippen LogP contribution in [0.4, 0.5) is 17.1 Å². The molecule has 0 aromatic heterocycles. The van der Waals surface area contributed by atoms with Crippen molar-refractivity contribution in [1.29, 1.82) is 0 Å². The van der Waals surface area contributed by atoms with Crippen LogP contribution in [0.25, 0.3) is 6.08 Å². The number of hydrogen-bond donors (Lipinski definition) is 1. The highest BCUT2D eigenvalue weighted by atomic mass is 35.5. The lowest BCUT2D eigenvalue weighted by Crippen LogP contribution is -2.27. The normalized spacial score (nSPS) is 14.1. The molecule has 2 amide bonds. The third kappa shape index (κ3) is 6.24. The minimum Gasteiger partial charge on any atom is -0.493 e. The molecule has 4 rings (SSSR count). The van der Waals surface area contributed by atoms with Crippen molar-refractivity contribution in [2.75, 3.05) is 42.9 Å². The molecule has 196 valence electrons. The van der Waals surface area contributed by atoms with Crippen LogP contribution in [0.2, 0.25) is 10.0 Å². The van der Waals surface area contributed by atoms with E-state index in [2.05, 4.69) is 5.32 Å². The number of carbonyl (C=O) groups is 2. The van der Waals surface area contributed by atoms with Gasteiger partial charge >= 0.3 is 0 Å². The minimum atomic E-state index is -0.414. The molecule has 0 aliphatic carbocycles. The van der Waals surface area contributed by atoms with Gasteiger partial charge in [0.15, 0.2) is 22.4 Å². The quantitative estimate of drug-likeness (QED) is 0.238. The minimum absolute atomic E-state index is 0.203. The lowest BCUT2D eigenvalue weighted by atomic mass is 10.1. The number of nitrogens with zero attached hydrogens (tertiary/aromatic N) is 2. The number of rotatable bonds is 8. The molecule has 1 heterocycles. The zero-order valence-electron chi connectivity index (χ0n) is 20.7. The molecule has 1 saturated heterocycles. The Morgan fingerprint density at radius 2 is 1.82 bits per heavy atom. The number of thiocarbonyl (C=S) groups is 1. The zero-order chi connectivity index (χ0) is 27.4. The van der Waals surface area contributed by atoms with E-state index in [-0.39, 0.29) is 23.3 Å². The number of carbonyl (C=O) groups excluding carboxylic acids is 2. The molecule has 0 bridgehead atoms. The number of halogens is 2. The number of anilines is 3. The fraction of sp³-hybridized carbons (Fsp3) is 0.148. The highest BCUT2D eigenvalue weighted by molar-refractivity contribution is 8.27. The van der Waals surface area contributed by atoms with Gasteiger partial charge in [0.25, 0.3) is 11.8 Å². The Labute approximate surface area is 240 Å². The van der Waals surface area contributed by atoms with Gasteiger partial charge in [-0.3, -0.25) is 14.5 Å². The maximum absolute atomic E-state index is 13.2. The first kappa shape index (κ1) is 27.8. The van der Waals surface area contributed by atoms with Gasteiger partial charge in [0.1, 0.15) is 0 Å². The highest BCUT2D eigenvalue weighted by Gasteiger charge is 2.33. The van der Waals surface area contributed by atoms with Gasteiger partial charge < -0.3 is 19.7 Å². The first-order valence-corrected chi connectivity index (χ1v) is 13.3. The summed E-state index contributed by atoms with van der Waals surface area (Å²) in [4.78, 5) is 29.5. The Hall–Kier alpha value is -3.24. The molecular weight excluding hydrogens is 565 g/mol. The molecule has 1 N–H and O–H groups in total. The van der Waals surface area contributed by atoms with Gasteiger partial charge in [0.2, 0.25) is 0 Å². The number of hydrogen-bond acceptors (Lipinski definition) is 7. The second-order valence-electron chi connectivity index (χ2n) is 8.28. The third-order valence-electron chi connectivity index (χ3n) is 5.46. The summed E-state index contributed by atoms with van der Waals surface area (Å²) >= 11 is 19.3. The number of amides is 2. The molecule has 1 aliphatic heterocycles. The van der Waals surface area contributed by atoms with Crippen LogP contribution in [0.15, 0.2) is 65.6 Å². The van der Waals surface area contributed by atoms with Crippen molar-refractivity contribution in [3.8, 4) is 11.5 Å². The zero-order valence-corrected chi connectivity index (χ0v) is 23.8. The Bertz CT molecular complexity index is 1430. The first-order chi connectivity index (χ1) is 18.2. The van der Waals surface area contributed by atoms with Gasteiger partial charge in [0.05, 0.1) is 33.4 Å². The largest absolute Gasteiger partial charge is 0.493 e. The molecule has 3 aromatic carbocycles. The van der Waals surface area contributed by atoms with Gasteiger partial charge in [-0.15, -0.1) is 0 Å². The van der Waals surface area contributed by atoms with Crippen molar-refractivity contribution in [1.82, 2.24) is 0 Å². The number of para-hydroxylation sites is 1. The second-order valence-corrected chi connectivity index (χ2v) is 10.8. The molecule has 0 spiro atoms. The summed E-state index contributed by atoms with van der Waals surface area (Å²) in [5.41, 5.74) is 2.79. The summed E-state index contributed by atoms with van der Waals surface area (Å²) in [7, 11) is 5.36. The van der Waals surface area contributed by atoms with Crippen LogP contribution in [-0.4, -0.2) is 43.9 Å². The Morgan fingerprint density at radius 1 is 1.11 bits per heavy atom. The summed E-state index contributed by atoms with van der Waals surface area (Å²) in [5, 5.41) is 3.32. The predicted octanol–water partition coefficient (Wildman–Crippen LogP) is 6.49. The second kappa shape index (κ2) is 12.1. The summed E-state index contributed by atoms with van der Waals surface area (Å²) in [5.74, 6) is -0.134. The van der Waals surface area contributed by atoms with Crippen LogP contribution < -0.4 is 24.6 Å². The van der Waals surface area contributed by atoms with Gasteiger partial charge in [-0.2, -0.15) is 0 Å². The fourth-order valence-electron chi connectivity index (χ4n) is 3.59. The summed E-state index contributed by atoms with van der Waals surface area (Å²) in [6.07, 6.45) is 1.69. The molecule has 0 atom stereocenters. The number of nitrogens with one attached hydrogen (secondary N) is 1. The van der Waals surface area contributed by atoms with Crippen LogP contribution >= 0.6 is 47.2 Å². The smallest absolute Gasteiger partial charge is 0.270 e. The molecule has 3 aromatic rings. The topological polar surface area (TPSA) is 71.1 Å². The number of benzene rings is 3. The Morgan fingerprint density at radius 3 is 2.47 bits per heavy atom. The van der Waals surface area contributed by atoms with E-state index in [1.165, 1.54) is 23.8 Å². The summed E-state index contributed by atoms with van der Waals surface area (Å²) in [6, 6.07) is 17.8. The van der Waals surface area contributed by atoms with E-state index in [0.717, 1.165) is 5.69 Å². The monoisotopic (exact) mass is 587 g/mol. The number of ether oxygens (including phenoxy) is 2. The number of methoxy groups -OCH3 is 1. The van der Waals surface area contributed by atoms with Crippen LogP contribution in [-0.2, 0) is 9.59 Å². The van der Waals surface area contributed by atoms with Crippen LogP contribution in [0.3, 0.4) is 0 Å². The molecule has 7 nitrogen and oxygen atoms in total. The Balaban J connectivity index is 1.50. The lowest BCUT2D eigenvalue weighted by Gasteiger charge is -2.17. The van der Waals surface area contributed by atoms with Crippen LogP contribution in [0.1, 0.15) is 5.56 Å². The molecule has 0 saturated carbocycles. The van der Waals surface area contributed by atoms with Crippen molar-refractivity contribution >= 4 is 86.5 Å². The molecule has 38 heavy (non-hydrogen) atoms. The van der Waals surface area contributed by atoms with Gasteiger partial charge in [0, 0.05) is 19.8 Å². The van der Waals surface area contributed by atoms with Crippen molar-refractivity contribution in [2.45, 2.75) is 0 Å². The maximum Gasteiger partial charge on any atom is 0.270 e. The average molecular weight is 589 g/mol. The van der Waals surface area contributed by atoms with E-state index >= 15 is 0 Å². The average Bonchev–Trinajstić information content (AvgIpc) is 3.16. The SMILES string of the molecule is COc1cc(/C=C2\SC(=S)N(c3ccc(N(C)C)cc3)C2=O)cc(Cl)c1OCC(=O)Nc1ccccc1Cl. The molecule has 0 unspecified atom stereocenters. The number of thioether (sulfide) groups is 1. The van der Waals surface area contributed by atoms with Crippen molar-refractivity contribution in [3.63, 3.8) is 0 Å². The Kier molecular flexibility index (Phi) is 8.83. The third-order valence-corrected chi connectivity index (χ3v) is 7.38. The standard InChI is InChI=1S/C27H23Cl2N3O4S2/c1-31(2)17-8-10-18(11-9-17)32-26(34)23(38-27(32)37)14-16-12-20(29)25(22(13-16)35-3)36-15-24(33)30-21-7-5-4-6-19(21)28/h4-14H,15H2,1-3H3,(H,30,33)/b23-14-. The van der Waals surface area contributed by atoms with E-state index in [4.69, 9.17) is 44.9 Å². The van der Waals surface area contributed by atoms with Crippen LogP contribution in [0.5, 0.6) is 11.5 Å². The van der Waals surface area contributed by atoms with Gasteiger partial charge in [-0.05, 0) is 60.2 Å². The highest BCUT2D eigenvalue weighted by Crippen LogP contribution is 2.40. The maximum atomic E-state index is 13.2. The molecule has 1 fully saturated rings. The van der Waals surface area contributed by atoms with Crippen LogP contribution in [0, 0.1) is 0 Å². The fourth-order valence-corrected chi connectivity index (χ4v) is 5.35. The molecule has 11 heteroatoms. The first-order valence-electron chi connectivity index (χ1n) is 11.3. The van der Waals surface area contributed by atoms with E-state index < -0.39 is 5.91 Å². The lowest BCUT2D eigenvalue weighted by molar-refractivity contribution is -0.118. The van der Waals surface area contributed by atoms with E-state index in [1.54, 1.807) is 42.5 Å². The molecule has 1 aliphatic rings. The van der Waals surface area contributed by atoms with Gasteiger partial charge in [-0.25, -0.2) is 0 Å². The van der Waals surface area contributed by atoms with E-state index in [1.807, 2.05) is 43.3 Å². The van der Waals surface area contributed by atoms with Crippen molar-refractivity contribution in [3.05, 3.63) is 81.2 Å². The predicted molar refractivity (Wildman–Crippen MR) is 160 cm³/mol. The molecular formula is C27H23Cl2N3O4S2. The summed E-state index contributed by atoms with van der Waals surface area (Å²) in [6.45, 7) is -0.314. The van der Waals surface area contributed by atoms with Crippen molar-refractivity contribution < 1.29 is 19.1 Å².